The molecule has 3 N–H and O–H groups in total. The average Bonchev–Trinajstić information content (AvgIpc) is 2.54. The maximum absolute atomic E-state index is 12.8. The van der Waals surface area contributed by atoms with Crippen LogP contribution in [-0.2, 0) is 6.54 Å². The highest BCUT2D eigenvalue weighted by molar-refractivity contribution is 6.30. The number of aliphatic hydroxyl groups is 1. The monoisotopic (exact) mass is 336 g/mol. The molecule has 0 aliphatic carbocycles. The zero-order valence-corrected chi connectivity index (χ0v) is 13.2. The molecule has 0 bridgehead atoms. The molecule has 122 valence electrons. The number of nitrogens with one attached hydrogen (secondary N) is 2. The Morgan fingerprint density at radius 1 is 1.17 bits per heavy atom. The SMILES string of the molecule is O=C(NCC[C@H](O)c1cccc(Cl)c1)NCc1ccc(F)cc1. The van der Waals surface area contributed by atoms with E-state index in [-0.39, 0.29) is 11.8 Å². The van der Waals surface area contributed by atoms with Gasteiger partial charge < -0.3 is 15.7 Å². The van der Waals surface area contributed by atoms with Crippen LogP contribution in [0.4, 0.5) is 9.18 Å². The molecule has 2 amide bonds. The molecule has 1 atom stereocenters. The van der Waals surface area contributed by atoms with Gasteiger partial charge in [0.15, 0.2) is 0 Å². The molecule has 0 fully saturated rings. The number of urea groups is 1. The second-order valence-corrected chi connectivity index (χ2v) is 5.53. The lowest BCUT2D eigenvalue weighted by Crippen LogP contribution is -2.36. The first-order chi connectivity index (χ1) is 11.0. The summed E-state index contributed by atoms with van der Waals surface area (Å²) in [5.41, 5.74) is 1.52. The number of halogens is 2. The van der Waals surface area contributed by atoms with Crippen molar-refractivity contribution >= 4 is 17.6 Å². The Balaban J connectivity index is 1.69. The summed E-state index contributed by atoms with van der Waals surface area (Å²) in [4.78, 5) is 11.7. The van der Waals surface area contributed by atoms with Crippen molar-refractivity contribution in [1.29, 1.82) is 0 Å². The summed E-state index contributed by atoms with van der Waals surface area (Å²) in [7, 11) is 0. The molecule has 2 rings (SSSR count). The topological polar surface area (TPSA) is 61.4 Å². The highest BCUT2D eigenvalue weighted by Crippen LogP contribution is 2.19. The van der Waals surface area contributed by atoms with E-state index in [1.54, 1.807) is 36.4 Å². The third-order valence-electron chi connectivity index (χ3n) is 3.30. The summed E-state index contributed by atoms with van der Waals surface area (Å²) in [6, 6.07) is 12.5. The first-order valence-corrected chi connectivity index (χ1v) is 7.62. The predicted octanol–water partition coefficient (Wildman–Crippen LogP) is 3.40. The number of rotatable bonds is 6. The molecule has 2 aromatic rings. The van der Waals surface area contributed by atoms with Gasteiger partial charge in [-0.3, -0.25) is 0 Å². The Morgan fingerprint density at radius 3 is 2.61 bits per heavy atom. The smallest absolute Gasteiger partial charge is 0.315 e. The molecule has 2 aromatic carbocycles. The van der Waals surface area contributed by atoms with Crippen LogP contribution < -0.4 is 10.6 Å². The second kappa shape index (κ2) is 8.50. The summed E-state index contributed by atoms with van der Waals surface area (Å²) in [5.74, 6) is -0.312. The number of aliphatic hydroxyl groups excluding tert-OH is 1. The minimum Gasteiger partial charge on any atom is -0.388 e. The van der Waals surface area contributed by atoms with Crippen molar-refractivity contribution in [1.82, 2.24) is 10.6 Å². The Hall–Kier alpha value is -2.11. The number of hydrogen-bond acceptors (Lipinski definition) is 2. The third kappa shape index (κ3) is 5.88. The van der Waals surface area contributed by atoms with Crippen LogP contribution >= 0.6 is 11.6 Å². The number of carbonyl (C=O) groups excluding carboxylic acids is 1. The maximum Gasteiger partial charge on any atom is 0.315 e. The Kier molecular flexibility index (Phi) is 6.38. The van der Waals surface area contributed by atoms with E-state index >= 15 is 0 Å². The normalized spacial score (nSPS) is 11.8. The number of amides is 2. The van der Waals surface area contributed by atoms with Crippen molar-refractivity contribution in [2.24, 2.45) is 0 Å². The predicted molar refractivity (Wildman–Crippen MR) is 87.7 cm³/mol. The van der Waals surface area contributed by atoms with Gasteiger partial charge in [0.05, 0.1) is 6.10 Å². The number of carbonyl (C=O) groups is 1. The Bertz CT molecular complexity index is 649. The number of benzene rings is 2. The third-order valence-corrected chi connectivity index (χ3v) is 3.54. The van der Waals surface area contributed by atoms with Crippen LogP contribution in [0.25, 0.3) is 0 Å². The van der Waals surface area contributed by atoms with Crippen LogP contribution in [0, 0.1) is 5.82 Å². The molecule has 0 aliphatic heterocycles. The molecular weight excluding hydrogens is 319 g/mol. The van der Waals surface area contributed by atoms with E-state index in [4.69, 9.17) is 11.6 Å². The molecule has 0 aromatic heterocycles. The largest absolute Gasteiger partial charge is 0.388 e. The molecular formula is C17H18ClFN2O2. The lowest BCUT2D eigenvalue weighted by molar-refractivity contribution is 0.167. The van der Waals surface area contributed by atoms with Crippen LogP contribution in [0.3, 0.4) is 0 Å². The van der Waals surface area contributed by atoms with E-state index in [9.17, 15) is 14.3 Å². The van der Waals surface area contributed by atoms with Crippen molar-refractivity contribution in [3.8, 4) is 0 Å². The number of hydrogen-bond donors (Lipinski definition) is 3. The van der Waals surface area contributed by atoms with Gasteiger partial charge in [-0.15, -0.1) is 0 Å². The summed E-state index contributed by atoms with van der Waals surface area (Å²) in [6.45, 7) is 0.631. The van der Waals surface area contributed by atoms with Gasteiger partial charge >= 0.3 is 6.03 Å². The van der Waals surface area contributed by atoms with Crippen molar-refractivity contribution < 1.29 is 14.3 Å². The maximum atomic E-state index is 12.8. The zero-order chi connectivity index (χ0) is 16.7. The van der Waals surface area contributed by atoms with Crippen molar-refractivity contribution in [2.45, 2.75) is 19.1 Å². The summed E-state index contributed by atoms with van der Waals surface area (Å²) < 4.78 is 12.8. The van der Waals surface area contributed by atoms with Crippen LogP contribution in [0.5, 0.6) is 0 Å². The average molecular weight is 337 g/mol. The van der Waals surface area contributed by atoms with Gasteiger partial charge in [0.25, 0.3) is 0 Å². The van der Waals surface area contributed by atoms with Gasteiger partial charge in [-0.25, -0.2) is 9.18 Å². The van der Waals surface area contributed by atoms with Gasteiger partial charge in [0, 0.05) is 18.1 Å². The van der Waals surface area contributed by atoms with Crippen LogP contribution in [0.2, 0.25) is 5.02 Å². The molecule has 0 aliphatic rings. The van der Waals surface area contributed by atoms with Gasteiger partial charge in [0.1, 0.15) is 5.82 Å². The Morgan fingerprint density at radius 2 is 1.91 bits per heavy atom. The molecule has 0 saturated carbocycles. The summed E-state index contributed by atoms with van der Waals surface area (Å²) in [5, 5.41) is 15.9. The first kappa shape index (κ1) is 17.2. The fourth-order valence-electron chi connectivity index (χ4n) is 2.05. The van der Waals surface area contributed by atoms with Crippen molar-refractivity contribution in [3.05, 3.63) is 70.5 Å². The van der Waals surface area contributed by atoms with Crippen molar-refractivity contribution in [3.63, 3.8) is 0 Å². The standard InChI is InChI=1S/C17H18ClFN2O2/c18-14-3-1-2-13(10-14)16(22)8-9-20-17(23)21-11-12-4-6-15(19)7-5-12/h1-7,10,16,22H,8-9,11H2,(H2,20,21,23)/t16-/m0/s1. The van der Waals surface area contributed by atoms with Crippen LogP contribution in [-0.4, -0.2) is 17.7 Å². The van der Waals surface area contributed by atoms with E-state index in [0.717, 1.165) is 5.56 Å². The van der Waals surface area contributed by atoms with Crippen LogP contribution in [0.15, 0.2) is 48.5 Å². The van der Waals surface area contributed by atoms with E-state index in [1.807, 2.05) is 0 Å². The van der Waals surface area contributed by atoms with Crippen LogP contribution in [0.1, 0.15) is 23.7 Å². The highest BCUT2D eigenvalue weighted by atomic mass is 35.5. The minimum absolute atomic E-state index is 0.308. The lowest BCUT2D eigenvalue weighted by atomic mass is 10.1. The molecule has 0 saturated heterocycles. The van der Waals surface area contributed by atoms with E-state index in [0.29, 0.717) is 30.1 Å². The molecule has 0 spiro atoms. The van der Waals surface area contributed by atoms with E-state index in [2.05, 4.69) is 10.6 Å². The van der Waals surface area contributed by atoms with Crippen molar-refractivity contribution in [2.75, 3.05) is 6.54 Å². The molecule has 0 radical (unpaired) electrons. The van der Waals surface area contributed by atoms with Gasteiger partial charge in [-0.05, 0) is 41.8 Å². The molecule has 0 heterocycles. The minimum atomic E-state index is -0.689. The quantitative estimate of drug-likeness (QED) is 0.757. The molecule has 23 heavy (non-hydrogen) atoms. The van der Waals surface area contributed by atoms with Gasteiger partial charge in [-0.1, -0.05) is 35.9 Å². The fourth-order valence-corrected chi connectivity index (χ4v) is 2.25. The first-order valence-electron chi connectivity index (χ1n) is 7.24. The summed E-state index contributed by atoms with van der Waals surface area (Å²) >= 11 is 5.87. The van der Waals surface area contributed by atoms with Gasteiger partial charge in [0.2, 0.25) is 0 Å². The lowest BCUT2D eigenvalue weighted by Gasteiger charge is -2.12. The summed E-state index contributed by atoms with van der Waals surface area (Å²) in [6.07, 6.45) is -0.310. The Labute approximate surface area is 139 Å². The van der Waals surface area contributed by atoms with E-state index in [1.165, 1.54) is 12.1 Å². The fraction of sp³-hybridized carbons (Fsp3) is 0.235. The van der Waals surface area contributed by atoms with Gasteiger partial charge in [-0.2, -0.15) is 0 Å². The molecule has 6 heteroatoms. The second-order valence-electron chi connectivity index (χ2n) is 5.10. The highest BCUT2D eigenvalue weighted by Gasteiger charge is 2.08. The van der Waals surface area contributed by atoms with E-state index < -0.39 is 6.10 Å². The molecule has 0 unspecified atom stereocenters. The zero-order valence-electron chi connectivity index (χ0n) is 12.4. The molecule has 4 nitrogen and oxygen atoms in total.